The Kier molecular flexibility index (Phi) is 3.23. The van der Waals surface area contributed by atoms with Gasteiger partial charge in [-0.3, -0.25) is 4.79 Å². The predicted octanol–water partition coefficient (Wildman–Crippen LogP) is 3.05. The number of hydrogen-bond donors (Lipinski definition) is 0. The SMILES string of the molecule is [C-]#[N+]c1cc(I)c(CC(=O)[C@]2(C)CO2)cc1C. The third-order valence-corrected chi connectivity index (χ3v) is 4.01. The first-order chi connectivity index (χ1) is 7.96. The second kappa shape index (κ2) is 4.39. The molecule has 0 saturated carbocycles. The van der Waals surface area contributed by atoms with Gasteiger partial charge in [0.15, 0.2) is 11.5 Å². The quantitative estimate of drug-likeness (QED) is 0.481. The van der Waals surface area contributed by atoms with Crippen molar-refractivity contribution in [3.63, 3.8) is 0 Å². The van der Waals surface area contributed by atoms with Gasteiger partial charge in [-0.1, -0.05) is 6.07 Å². The van der Waals surface area contributed by atoms with Gasteiger partial charge < -0.3 is 4.74 Å². The summed E-state index contributed by atoms with van der Waals surface area (Å²) in [4.78, 5) is 15.4. The van der Waals surface area contributed by atoms with E-state index in [4.69, 9.17) is 11.3 Å². The Hall–Kier alpha value is -0.930. The Bertz CT molecular complexity index is 527. The fraction of sp³-hybridized carbons (Fsp3) is 0.385. The average Bonchev–Trinajstić information content (AvgIpc) is 3.02. The first-order valence-corrected chi connectivity index (χ1v) is 6.38. The number of rotatable bonds is 3. The van der Waals surface area contributed by atoms with Crippen LogP contribution in [0.4, 0.5) is 5.69 Å². The molecular formula is C13H12INO2. The molecule has 17 heavy (non-hydrogen) atoms. The lowest BCUT2D eigenvalue weighted by Gasteiger charge is -2.09. The standard InChI is InChI=1S/C13H12INO2/c1-8-4-9(10(14)6-11(8)15-3)5-12(16)13(2)7-17-13/h4,6H,5,7H2,1-2H3/t13-/m0/s1. The van der Waals surface area contributed by atoms with E-state index in [1.165, 1.54) is 0 Å². The zero-order valence-corrected chi connectivity index (χ0v) is 11.9. The van der Waals surface area contributed by atoms with Crippen LogP contribution in [-0.4, -0.2) is 18.0 Å². The lowest BCUT2D eigenvalue weighted by molar-refractivity contribution is -0.122. The van der Waals surface area contributed by atoms with Crippen LogP contribution in [-0.2, 0) is 16.0 Å². The van der Waals surface area contributed by atoms with E-state index in [9.17, 15) is 4.79 Å². The number of benzene rings is 1. The zero-order chi connectivity index (χ0) is 12.6. The smallest absolute Gasteiger partial charge is 0.191 e. The Labute approximate surface area is 114 Å². The monoisotopic (exact) mass is 341 g/mol. The van der Waals surface area contributed by atoms with Crippen LogP contribution >= 0.6 is 22.6 Å². The van der Waals surface area contributed by atoms with Crippen molar-refractivity contribution in [2.45, 2.75) is 25.9 Å². The van der Waals surface area contributed by atoms with Crippen molar-refractivity contribution in [1.29, 1.82) is 0 Å². The summed E-state index contributed by atoms with van der Waals surface area (Å²) in [6.45, 7) is 11.3. The molecule has 1 heterocycles. The van der Waals surface area contributed by atoms with Crippen molar-refractivity contribution in [3.05, 3.63) is 38.2 Å². The van der Waals surface area contributed by atoms with Crippen LogP contribution in [0.5, 0.6) is 0 Å². The van der Waals surface area contributed by atoms with Crippen molar-refractivity contribution in [1.82, 2.24) is 0 Å². The molecule has 4 heteroatoms. The maximum atomic E-state index is 11.9. The molecule has 1 aromatic rings. The summed E-state index contributed by atoms with van der Waals surface area (Å²) in [5.74, 6) is 0.116. The maximum absolute atomic E-state index is 11.9. The normalized spacial score (nSPS) is 22.0. The van der Waals surface area contributed by atoms with Gasteiger partial charge in [0.2, 0.25) is 0 Å². The Morgan fingerprint density at radius 2 is 2.29 bits per heavy atom. The molecule has 2 rings (SSSR count). The first-order valence-electron chi connectivity index (χ1n) is 5.30. The molecule has 1 aliphatic rings. The van der Waals surface area contributed by atoms with E-state index in [-0.39, 0.29) is 5.78 Å². The molecule has 1 aromatic carbocycles. The Balaban J connectivity index is 2.25. The van der Waals surface area contributed by atoms with Gasteiger partial charge in [-0.2, -0.15) is 0 Å². The maximum Gasteiger partial charge on any atom is 0.191 e. The van der Waals surface area contributed by atoms with Crippen molar-refractivity contribution in [3.8, 4) is 0 Å². The number of Topliss-reactive ketones (excluding diaryl/α,β-unsaturated/α-hetero) is 1. The molecule has 0 aromatic heterocycles. The number of ether oxygens (including phenoxy) is 1. The molecule has 0 unspecified atom stereocenters. The van der Waals surface area contributed by atoms with Crippen molar-refractivity contribution >= 4 is 34.1 Å². The first kappa shape index (κ1) is 12.5. The summed E-state index contributed by atoms with van der Waals surface area (Å²) in [5.41, 5.74) is 2.00. The minimum atomic E-state index is -0.560. The van der Waals surface area contributed by atoms with Gasteiger partial charge in [0, 0.05) is 9.99 Å². The highest BCUT2D eigenvalue weighted by molar-refractivity contribution is 14.1. The number of aryl methyl sites for hydroxylation is 1. The molecule has 1 atom stereocenters. The van der Waals surface area contributed by atoms with E-state index in [0.29, 0.717) is 18.7 Å². The van der Waals surface area contributed by atoms with Crippen molar-refractivity contribution < 1.29 is 9.53 Å². The molecule has 0 amide bonds. The topological polar surface area (TPSA) is 34.0 Å². The van der Waals surface area contributed by atoms with Crippen LogP contribution in [0.1, 0.15) is 18.1 Å². The van der Waals surface area contributed by atoms with E-state index in [1.807, 2.05) is 26.0 Å². The number of carbonyl (C=O) groups excluding carboxylic acids is 1. The number of halogens is 1. The van der Waals surface area contributed by atoms with Crippen LogP contribution < -0.4 is 0 Å². The summed E-state index contributed by atoms with van der Waals surface area (Å²) in [7, 11) is 0. The van der Waals surface area contributed by atoms with E-state index >= 15 is 0 Å². The van der Waals surface area contributed by atoms with Crippen LogP contribution in [0.3, 0.4) is 0 Å². The summed E-state index contributed by atoms with van der Waals surface area (Å²) in [6, 6.07) is 3.76. The molecule has 0 radical (unpaired) electrons. The van der Waals surface area contributed by atoms with Gasteiger partial charge in [-0.05, 0) is 53.6 Å². The molecular weight excluding hydrogens is 329 g/mol. The second-order valence-corrected chi connectivity index (χ2v) is 5.62. The largest absolute Gasteiger partial charge is 0.362 e. The predicted molar refractivity (Wildman–Crippen MR) is 73.2 cm³/mol. The molecule has 0 aliphatic carbocycles. The highest BCUT2D eigenvalue weighted by Gasteiger charge is 2.46. The minimum absolute atomic E-state index is 0.116. The van der Waals surface area contributed by atoms with E-state index in [0.717, 1.165) is 14.7 Å². The molecule has 1 aliphatic heterocycles. The van der Waals surface area contributed by atoms with Gasteiger partial charge in [-0.25, -0.2) is 4.85 Å². The fourth-order valence-electron chi connectivity index (χ4n) is 1.62. The lowest BCUT2D eigenvalue weighted by Crippen LogP contribution is -2.22. The minimum Gasteiger partial charge on any atom is -0.362 e. The summed E-state index contributed by atoms with van der Waals surface area (Å²) in [5, 5.41) is 0. The van der Waals surface area contributed by atoms with Crippen molar-refractivity contribution in [2.75, 3.05) is 6.61 Å². The van der Waals surface area contributed by atoms with Gasteiger partial charge in [0.05, 0.1) is 13.2 Å². The van der Waals surface area contributed by atoms with E-state index < -0.39 is 5.60 Å². The van der Waals surface area contributed by atoms with Crippen molar-refractivity contribution in [2.24, 2.45) is 0 Å². The van der Waals surface area contributed by atoms with Gasteiger partial charge in [0.25, 0.3) is 0 Å². The average molecular weight is 341 g/mol. The van der Waals surface area contributed by atoms with Gasteiger partial charge >= 0.3 is 0 Å². The molecule has 3 nitrogen and oxygen atoms in total. The van der Waals surface area contributed by atoms with E-state index in [2.05, 4.69) is 27.4 Å². The third-order valence-electron chi connectivity index (χ3n) is 3.00. The number of ketones is 1. The summed E-state index contributed by atoms with van der Waals surface area (Å²) in [6.07, 6.45) is 0.383. The second-order valence-electron chi connectivity index (χ2n) is 4.46. The van der Waals surface area contributed by atoms with Gasteiger partial charge in [0.1, 0.15) is 5.60 Å². The summed E-state index contributed by atoms with van der Waals surface area (Å²) >= 11 is 2.17. The number of hydrogen-bond acceptors (Lipinski definition) is 2. The molecule has 88 valence electrons. The molecule has 0 bridgehead atoms. The zero-order valence-electron chi connectivity index (χ0n) is 9.71. The van der Waals surface area contributed by atoms with Crippen LogP contribution in [0.15, 0.2) is 12.1 Å². The van der Waals surface area contributed by atoms with Crippen LogP contribution in [0.25, 0.3) is 4.85 Å². The number of carbonyl (C=O) groups is 1. The highest BCUT2D eigenvalue weighted by Crippen LogP contribution is 2.31. The molecule has 0 N–H and O–H groups in total. The van der Waals surface area contributed by atoms with Crippen LogP contribution in [0.2, 0.25) is 0 Å². The van der Waals surface area contributed by atoms with E-state index in [1.54, 1.807) is 0 Å². The third kappa shape index (κ3) is 2.50. The molecule has 1 fully saturated rings. The number of nitrogens with zero attached hydrogens (tertiary/aromatic N) is 1. The highest BCUT2D eigenvalue weighted by atomic mass is 127. The van der Waals surface area contributed by atoms with Gasteiger partial charge in [-0.15, -0.1) is 0 Å². The molecule has 0 spiro atoms. The fourth-order valence-corrected chi connectivity index (χ4v) is 2.26. The summed E-state index contributed by atoms with van der Waals surface area (Å²) < 4.78 is 6.11. The van der Waals surface area contributed by atoms with Crippen LogP contribution in [0, 0.1) is 17.1 Å². The Morgan fingerprint density at radius 1 is 1.65 bits per heavy atom. The Morgan fingerprint density at radius 3 is 2.82 bits per heavy atom. The lowest BCUT2D eigenvalue weighted by atomic mass is 9.98. The molecule has 1 saturated heterocycles. The number of epoxide rings is 1.